The third-order valence-electron chi connectivity index (χ3n) is 7.23. The Labute approximate surface area is 231 Å². The van der Waals surface area contributed by atoms with Crippen molar-refractivity contribution >= 4 is 28.4 Å². The van der Waals surface area contributed by atoms with Crippen molar-refractivity contribution in [1.29, 1.82) is 0 Å². The standard InChI is InChI=1S/C31H32F2N4O3/c1-36(25-6-2-3-7-25)30(39)20-37(18-24-17-21-5-4-8-28(33)31(21)35-24)19-29(38)34-23-11-15-27(16-12-23)40-26-13-9-22(32)10-14-26/h4-5,8-17,25,35H,2-3,6-7,18-20H2,1H3,(H,34,38). The van der Waals surface area contributed by atoms with E-state index in [1.165, 1.54) is 30.3 Å². The van der Waals surface area contributed by atoms with Gasteiger partial charge in [-0.25, -0.2) is 8.78 Å². The number of nitrogens with zero attached hydrogens (tertiary/aromatic N) is 2. The molecule has 1 saturated carbocycles. The summed E-state index contributed by atoms with van der Waals surface area (Å²) < 4.78 is 33.1. The van der Waals surface area contributed by atoms with Crippen molar-refractivity contribution in [2.45, 2.75) is 38.3 Å². The van der Waals surface area contributed by atoms with Gasteiger partial charge in [0.05, 0.1) is 18.6 Å². The molecule has 0 aliphatic heterocycles. The topological polar surface area (TPSA) is 77.7 Å². The number of amides is 2. The molecule has 0 atom stereocenters. The number of benzene rings is 3. The Bertz CT molecular complexity index is 1460. The number of carbonyl (C=O) groups is 2. The minimum absolute atomic E-state index is 0.0318. The van der Waals surface area contributed by atoms with Crippen LogP contribution in [-0.4, -0.2) is 52.8 Å². The van der Waals surface area contributed by atoms with Crippen LogP contribution in [0.5, 0.6) is 11.5 Å². The fraction of sp³-hybridized carbons (Fsp3) is 0.290. The number of aromatic amines is 1. The number of halogens is 2. The number of H-pyrrole nitrogens is 1. The van der Waals surface area contributed by atoms with Crippen molar-refractivity contribution in [3.8, 4) is 11.5 Å². The van der Waals surface area contributed by atoms with Crippen LogP contribution in [0.4, 0.5) is 14.5 Å². The van der Waals surface area contributed by atoms with Gasteiger partial charge in [0.25, 0.3) is 0 Å². The minimum atomic E-state index is -0.350. The Kier molecular flexibility index (Phi) is 8.40. The van der Waals surface area contributed by atoms with E-state index < -0.39 is 0 Å². The Morgan fingerprint density at radius 1 is 0.950 bits per heavy atom. The van der Waals surface area contributed by atoms with Gasteiger partial charge >= 0.3 is 0 Å². The number of hydrogen-bond acceptors (Lipinski definition) is 4. The van der Waals surface area contributed by atoms with Crippen LogP contribution in [0.1, 0.15) is 31.4 Å². The van der Waals surface area contributed by atoms with E-state index in [1.807, 2.05) is 19.2 Å². The van der Waals surface area contributed by atoms with Crippen LogP contribution in [0.2, 0.25) is 0 Å². The quantitative estimate of drug-likeness (QED) is 0.253. The van der Waals surface area contributed by atoms with Gasteiger partial charge in [0.15, 0.2) is 0 Å². The lowest BCUT2D eigenvalue weighted by Gasteiger charge is -2.28. The first-order chi connectivity index (χ1) is 19.3. The van der Waals surface area contributed by atoms with Gasteiger partial charge in [-0.2, -0.15) is 0 Å². The molecule has 4 aromatic rings. The normalized spacial score (nSPS) is 13.6. The highest BCUT2D eigenvalue weighted by molar-refractivity contribution is 5.92. The third-order valence-corrected chi connectivity index (χ3v) is 7.23. The molecule has 1 aromatic heterocycles. The number of ether oxygens (including phenoxy) is 1. The molecule has 0 radical (unpaired) electrons. The third kappa shape index (κ3) is 6.84. The van der Waals surface area contributed by atoms with Gasteiger partial charge in [-0.15, -0.1) is 0 Å². The maximum Gasteiger partial charge on any atom is 0.238 e. The fourth-order valence-electron chi connectivity index (χ4n) is 5.12. The van der Waals surface area contributed by atoms with Gasteiger partial charge < -0.3 is 19.9 Å². The van der Waals surface area contributed by atoms with E-state index in [0.717, 1.165) is 31.1 Å². The fourth-order valence-corrected chi connectivity index (χ4v) is 5.12. The van der Waals surface area contributed by atoms with Crippen LogP contribution in [0, 0.1) is 11.6 Å². The van der Waals surface area contributed by atoms with Crippen molar-refractivity contribution in [1.82, 2.24) is 14.8 Å². The van der Waals surface area contributed by atoms with E-state index in [1.54, 1.807) is 40.1 Å². The zero-order chi connectivity index (χ0) is 28.1. The molecule has 1 heterocycles. The van der Waals surface area contributed by atoms with Crippen LogP contribution in [-0.2, 0) is 16.1 Å². The van der Waals surface area contributed by atoms with E-state index in [2.05, 4.69) is 10.3 Å². The van der Waals surface area contributed by atoms with Crippen LogP contribution in [0.25, 0.3) is 10.9 Å². The number of hydrogen-bond donors (Lipinski definition) is 2. The van der Waals surface area contributed by atoms with Gasteiger partial charge in [-0.05, 0) is 73.5 Å². The molecule has 0 bridgehead atoms. The summed E-state index contributed by atoms with van der Waals surface area (Å²) in [6.45, 7) is 0.300. The van der Waals surface area contributed by atoms with E-state index in [-0.39, 0.29) is 49.1 Å². The van der Waals surface area contributed by atoms with Gasteiger partial charge in [0, 0.05) is 36.4 Å². The van der Waals surface area contributed by atoms with Crippen molar-refractivity contribution < 1.29 is 23.1 Å². The number of likely N-dealkylation sites (N-methyl/N-ethyl adjacent to an activating group) is 1. The second-order valence-electron chi connectivity index (χ2n) is 10.2. The second-order valence-corrected chi connectivity index (χ2v) is 10.2. The number of aromatic nitrogens is 1. The minimum Gasteiger partial charge on any atom is -0.457 e. The molecule has 2 N–H and O–H groups in total. The predicted molar refractivity (Wildman–Crippen MR) is 150 cm³/mol. The molecule has 0 unspecified atom stereocenters. The second kappa shape index (κ2) is 12.3. The van der Waals surface area contributed by atoms with Crippen LogP contribution in [0.15, 0.2) is 72.8 Å². The number of carbonyl (C=O) groups excluding carboxylic acids is 2. The summed E-state index contributed by atoms with van der Waals surface area (Å²) in [4.78, 5) is 32.8. The molecule has 0 spiro atoms. The van der Waals surface area contributed by atoms with Crippen LogP contribution < -0.4 is 10.1 Å². The maximum atomic E-state index is 14.3. The molecule has 5 rings (SSSR count). The van der Waals surface area contributed by atoms with Crippen molar-refractivity contribution in [2.24, 2.45) is 0 Å². The molecule has 1 aliphatic rings. The van der Waals surface area contributed by atoms with E-state index in [0.29, 0.717) is 28.4 Å². The van der Waals surface area contributed by atoms with Gasteiger partial charge in [0.1, 0.15) is 23.1 Å². The summed E-state index contributed by atoms with van der Waals surface area (Å²) in [6, 6.07) is 19.5. The SMILES string of the molecule is CN(C(=O)CN(CC(=O)Nc1ccc(Oc2ccc(F)cc2)cc1)Cc1cc2cccc(F)c2[nH]1)C1CCCC1. The van der Waals surface area contributed by atoms with Gasteiger partial charge in [-0.1, -0.05) is 25.0 Å². The predicted octanol–water partition coefficient (Wildman–Crippen LogP) is 6.08. The molecule has 3 aromatic carbocycles. The summed E-state index contributed by atoms with van der Waals surface area (Å²) in [6.07, 6.45) is 4.21. The Morgan fingerprint density at radius 2 is 1.62 bits per heavy atom. The van der Waals surface area contributed by atoms with E-state index >= 15 is 0 Å². The summed E-state index contributed by atoms with van der Waals surface area (Å²) >= 11 is 0. The first-order valence-electron chi connectivity index (χ1n) is 13.4. The average molecular weight is 547 g/mol. The molecule has 9 heteroatoms. The highest BCUT2D eigenvalue weighted by atomic mass is 19.1. The summed E-state index contributed by atoms with van der Waals surface area (Å²) in [7, 11) is 1.82. The van der Waals surface area contributed by atoms with Crippen molar-refractivity contribution in [3.05, 3.63) is 90.1 Å². The largest absolute Gasteiger partial charge is 0.457 e. The zero-order valence-electron chi connectivity index (χ0n) is 22.3. The van der Waals surface area contributed by atoms with E-state index in [9.17, 15) is 18.4 Å². The lowest BCUT2D eigenvalue weighted by Crippen LogP contribution is -2.44. The first kappa shape index (κ1) is 27.3. The van der Waals surface area contributed by atoms with Crippen LogP contribution in [0.3, 0.4) is 0 Å². The van der Waals surface area contributed by atoms with Gasteiger partial charge in [0.2, 0.25) is 11.8 Å². The Hall–Kier alpha value is -4.24. The Morgan fingerprint density at radius 3 is 2.30 bits per heavy atom. The summed E-state index contributed by atoms with van der Waals surface area (Å²) in [5.74, 6) is 0.00540. The summed E-state index contributed by atoms with van der Waals surface area (Å²) in [5.41, 5.74) is 1.68. The van der Waals surface area contributed by atoms with E-state index in [4.69, 9.17) is 4.74 Å². The number of para-hydroxylation sites is 1. The molecule has 2 amide bonds. The number of anilines is 1. The monoisotopic (exact) mass is 546 g/mol. The lowest BCUT2D eigenvalue weighted by molar-refractivity contribution is -0.133. The molecule has 0 saturated heterocycles. The molecule has 1 aliphatic carbocycles. The molecule has 1 fully saturated rings. The molecule has 40 heavy (non-hydrogen) atoms. The molecular formula is C31H32F2N4O3. The van der Waals surface area contributed by atoms with Gasteiger partial charge in [-0.3, -0.25) is 14.5 Å². The lowest BCUT2D eigenvalue weighted by atomic mass is 10.2. The number of nitrogens with one attached hydrogen (secondary N) is 2. The smallest absolute Gasteiger partial charge is 0.238 e. The average Bonchev–Trinajstić information content (AvgIpc) is 3.61. The molecule has 7 nitrogen and oxygen atoms in total. The highest BCUT2D eigenvalue weighted by Gasteiger charge is 2.25. The first-order valence-corrected chi connectivity index (χ1v) is 13.4. The number of fused-ring (bicyclic) bond motifs is 1. The zero-order valence-corrected chi connectivity index (χ0v) is 22.3. The number of rotatable bonds is 10. The Balaban J connectivity index is 1.25. The molecular weight excluding hydrogens is 514 g/mol. The van der Waals surface area contributed by atoms with Crippen LogP contribution >= 0.6 is 0 Å². The summed E-state index contributed by atoms with van der Waals surface area (Å²) in [5, 5.41) is 3.60. The van der Waals surface area contributed by atoms with Crippen molar-refractivity contribution in [2.75, 3.05) is 25.5 Å². The highest BCUT2D eigenvalue weighted by Crippen LogP contribution is 2.25. The molecule has 208 valence electrons. The maximum absolute atomic E-state index is 14.3. The van der Waals surface area contributed by atoms with Crippen molar-refractivity contribution in [3.63, 3.8) is 0 Å².